The monoisotopic (exact) mass is 440 g/mol. The Morgan fingerprint density at radius 3 is 2.57 bits per heavy atom. The lowest BCUT2D eigenvalue weighted by molar-refractivity contribution is -0.137. The molecule has 160 valence electrons. The van der Waals surface area contributed by atoms with E-state index in [0.717, 1.165) is 16.3 Å². The number of nitrogens with one attached hydrogen (secondary N) is 1. The highest BCUT2D eigenvalue weighted by Crippen LogP contribution is 2.40. The van der Waals surface area contributed by atoms with Crippen LogP contribution in [0.25, 0.3) is 0 Å². The standard InChI is InChI=1S/C19H19F3N4O3S/c1-4-14(27)24-13-7-11(5-6-23-13)9-25-17(29)26(16(28)18(25,2)3)15-8-12(10-30-15)19(20,21)22/h5-8,10H,4,9H2,1-3H3,(H,23,24,27). The SMILES string of the molecule is CCC(=O)Nc1cc(CN2C(=O)N(c3cc(C(F)(F)F)cs3)C(=O)C2(C)C)ccn1. The normalized spacial score (nSPS) is 16.3. The molecule has 0 atom stereocenters. The molecule has 0 aliphatic carbocycles. The Kier molecular flexibility index (Phi) is 5.59. The van der Waals surface area contributed by atoms with E-state index in [0.29, 0.717) is 22.7 Å². The first-order valence-corrected chi connectivity index (χ1v) is 9.89. The fourth-order valence-corrected chi connectivity index (χ4v) is 3.85. The van der Waals surface area contributed by atoms with Gasteiger partial charge in [0.25, 0.3) is 5.91 Å². The van der Waals surface area contributed by atoms with E-state index in [-0.39, 0.29) is 23.9 Å². The number of carbonyl (C=O) groups is 3. The number of carbonyl (C=O) groups excluding carboxylic acids is 3. The van der Waals surface area contributed by atoms with Crippen LogP contribution in [0.1, 0.15) is 38.3 Å². The number of hydrogen-bond donors (Lipinski definition) is 1. The number of hydrogen-bond acceptors (Lipinski definition) is 5. The maximum atomic E-state index is 13.0. The topological polar surface area (TPSA) is 82.6 Å². The molecule has 0 saturated carbocycles. The molecule has 4 amide bonds. The van der Waals surface area contributed by atoms with E-state index in [2.05, 4.69) is 10.3 Å². The second-order valence-electron chi connectivity index (χ2n) is 7.19. The number of imide groups is 1. The van der Waals surface area contributed by atoms with Crippen LogP contribution in [0.5, 0.6) is 0 Å². The number of thiophene rings is 1. The minimum Gasteiger partial charge on any atom is -0.311 e. The molecule has 3 heterocycles. The van der Waals surface area contributed by atoms with Gasteiger partial charge in [-0.1, -0.05) is 6.92 Å². The molecule has 0 radical (unpaired) electrons. The second-order valence-corrected chi connectivity index (χ2v) is 8.08. The Labute approximate surface area is 174 Å². The minimum atomic E-state index is -4.56. The average molecular weight is 440 g/mol. The van der Waals surface area contributed by atoms with E-state index in [1.165, 1.54) is 24.9 Å². The van der Waals surface area contributed by atoms with Crippen molar-refractivity contribution in [3.8, 4) is 0 Å². The number of anilines is 2. The number of pyridine rings is 1. The van der Waals surface area contributed by atoms with E-state index in [4.69, 9.17) is 0 Å². The molecule has 0 bridgehead atoms. The molecule has 1 fully saturated rings. The van der Waals surface area contributed by atoms with Crippen molar-refractivity contribution in [2.24, 2.45) is 0 Å². The Hall–Kier alpha value is -2.95. The predicted octanol–water partition coefficient (Wildman–Crippen LogP) is 4.26. The molecule has 1 aliphatic heterocycles. The van der Waals surface area contributed by atoms with Crippen molar-refractivity contribution >= 4 is 40.0 Å². The van der Waals surface area contributed by atoms with Crippen LogP contribution in [0.2, 0.25) is 0 Å². The van der Waals surface area contributed by atoms with Gasteiger partial charge in [-0.15, -0.1) is 11.3 Å². The largest absolute Gasteiger partial charge is 0.417 e. The van der Waals surface area contributed by atoms with E-state index >= 15 is 0 Å². The van der Waals surface area contributed by atoms with E-state index in [9.17, 15) is 27.6 Å². The van der Waals surface area contributed by atoms with Gasteiger partial charge in [-0.3, -0.25) is 9.59 Å². The van der Waals surface area contributed by atoms with E-state index in [1.54, 1.807) is 19.1 Å². The van der Waals surface area contributed by atoms with Crippen LogP contribution in [-0.4, -0.2) is 33.3 Å². The molecule has 3 rings (SSSR count). The number of rotatable bonds is 5. The van der Waals surface area contributed by atoms with Crippen molar-refractivity contribution in [2.75, 3.05) is 10.2 Å². The van der Waals surface area contributed by atoms with Gasteiger partial charge in [0.2, 0.25) is 5.91 Å². The maximum Gasteiger partial charge on any atom is 0.417 e. The minimum absolute atomic E-state index is 0.0170. The highest BCUT2D eigenvalue weighted by molar-refractivity contribution is 7.14. The fourth-order valence-electron chi connectivity index (χ4n) is 2.94. The van der Waals surface area contributed by atoms with Crippen LogP contribution in [-0.2, 0) is 22.3 Å². The number of nitrogens with zero attached hydrogens (tertiary/aromatic N) is 3. The summed E-state index contributed by atoms with van der Waals surface area (Å²) in [5.41, 5.74) is -1.57. The molecule has 2 aromatic rings. The summed E-state index contributed by atoms with van der Waals surface area (Å²) in [7, 11) is 0. The Balaban J connectivity index is 1.87. The smallest absolute Gasteiger partial charge is 0.311 e. The predicted molar refractivity (Wildman–Crippen MR) is 105 cm³/mol. The van der Waals surface area contributed by atoms with Crippen molar-refractivity contribution in [3.63, 3.8) is 0 Å². The molecule has 2 aromatic heterocycles. The quantitative estimate of drug-likeness (QED) is 0.705. The Bertz CT molecular complexity index is 1000. The summed E-state index contributed by atoms with van der Waals surface area (Å²) in [5, 5.41) is 3.40. The van der Waals surface area contributed by atoms with Crippen molar-refractivity contribution < 1.29 is 27.6 Å². The van der Waals surface area contributed by atoms with Crippen LogP contribution in [0.15, 0.2) is 29.8 Å². The number of alkyl halides is 3. The summed E-state index contributed by atoms with van der Waals surface area (Å²) >= 11 is 0.682. The van der Waals surface area contributed by atoms with Gasteiger partial charge < -0.3 is 10.2 Å². The van der Waals surface area contributed by atoms with Gasteiger partial charge in [0.15, 0.2) is 0 Å². The summed E-state index contributed by atoms with van der Waals surface area (Å²) in [5.74, 6) is -0.534. The third-order valence-electron chi connectivity index (χ3n) is 4.71. The molecule has 1 N–H and O–H groups in total. The average Bonchev–Trinajstić information content (AvgIpc) is 3.21. The lowest BCUT2D eigenvalue weighted by Gasteiger charge is -2.27. The van der Waals surface area contributed by atoms with E-state index in [1.807, 2.05) is 0 Å². The first-order valence-electron chi connectivity index (χ1n) is 9.01. The zero-order valence-electron chi connectivity index (χ0n) is 16.4. The third-order valence-corrected chi connectivity index (χ3v) is 5.62. The zero-order valence-corrected chi connectivity index (χ0v) is 17.2. The lowest BCUT2D eigenvalue weighted by atomic mass is 10.0. The second kappa shape index (κ2) is 7.71. The molecule has 0 aromatic carbocycles. The van der Waals surface area contributed by atoms with Gasteiger partial charge in [-0.25, -0.2) is 14.7 Å². The molecular formula is C19H19F3N4O3S. The van der Waals surface area contributed by atoms with Crippen LogP contribution in [0, 0.1) is 0 Å². The Morgan fingerprint density at radius 1 is 1.27 bits per heavy atom. The highest BCUT2D eigenvalue weighted by Gasteiger charge is 2.52. The zero-order chi connectivity index (χ0) is 22.3. The van der Waals surface area contributed by atoms with Crippen molar-refractivity contribution in [1.29, 1.82) is 0 Å². The number of aromatic nitrogens is 1. The van der Waals surface area contributed by atoms with E-state index < -0.39 is 29.2 Å². The molecule has 7 nitrogen and oxygen atoms in total. The van der Waals surface area contributed by atoms with Crippen molar-refractivity contribution in [3.05, 3.63) is 40.9 Å². The van der Waals surface area contributed by atoms with Crippen LogP contribution >= 0.6 is 11.3 Å². The summed E-state index contributed by atoms with van der Waals surface area (Å²) in [4.78, 5) is 43.5. The van der Waals surface area contributed by atoms with Gasteiger partial charge in [0.05, 0.1) is 5.56 Å². The Morgan fingerprint density at radius 2 is 1.97 bits per heavy atom. The van der Waals surface area contributed by atoms with Gasteiger partial charge in [0, 0.05) is 24.5 Å². The maximum absolute atomic E-state index is 13.0. The summed E-state index contributed by atoms with van der Waals surface area (Å²) < 4.78 is 38.8. The fraction of sp³-hybridized carbons (Fsp3) is 0.368. The number of urea groups is 1. The highest BCUT2D eigenvalue weighted by atomic mass is 32.1. The third kappa shape index (κ3) is 4.02. The van der Waals surface area contributed by atoms with Gasteiger partial charge in [-0.2, -0.15) is 13.2 Å². The number of halogens is 3. The molecule has 1 saturated heterocycles. The number of amides is 4. The van der Waals surface area contributed by atoms with Crippen LogP contribution in [0.3, 0.4) is 0 Å². The first-order chi connectivity index (χ1) is 13.9. The molecule has 30 heavy (non-hydrogen) atoms. The molecular weight excluding hydrogens is 421 g/mol. The van der Waals surface area contributed by atoms with Gasteiger partial charge in [0.1, 0.15) is 16.4 Å². The first kappa shape index (κ1) is 21.8. The van der Waals surface area contributed by atoms with Gasteiger partial charge >= 0.3 is 12.2 Å². The molecule has 0 spiro atoms. The van der Waals surface area contributed by atoms with Gasteiger partial charge in [-0.05, 0) is 37.6 Å². The van der Waals surface area contributed by atoms with Crippen molar-refractivity contribution in [1.82, 2.24) is 9.88 Å². The molecule has 0 unspecified atom stereocenters. The van der Waals surface area contributed by atoms with Crippen LogP contribution < -0.4 is 10.2 Å². The molecule has 11 heteroatoms. The summed E-state index contributed by atoms with van der Waals surface area (Å²) in [6, 6.07) is 3.30. The molecule has 1 aliphatic rings. The summed E-state index contributed by atoms with van der Waals surface area (Å²) in [6.07, 6.45) is -2.83. The van der Waals surface area contributed by atoms with Crippen molar-refractivity contribution in [2.45, 2.75) is 45.5 Å². The van der Waals surface area contributed by atoms with Crippen LogP contribution in [0.4, 0.5) is 28.8 Å². The lowest BCUT2D eigenvalue weighted by Crippen LogP contribution is -2.43. The summed E-state index contributed by atoms with van der Waals surface area (Å²) in [6.45, 7) is 4.78.